The predicted molar refractivity (Wildman–Crippen MR) is 347 cm³/mol. The zero-order chi connectivity index (χ0) is 53.8. The van der Waals surface area contributed by atoms with Gasteiger partial charge in [-0.2, -0.15) is 15.0 Å². The Morgan fingerprint density at radius 1 is 0.207 bits per heavy atom. The molecule has 0 radical (unpaired) electrons. The van der Waals surface area contributed by atoms with Crippen LogP contribution < -0.4 is 0 Å². The number of hydrogen-bond acceptors (Lipinski definition) is 5. The molecule has 0 N–H and O–H groups in total. The molecule has 0 amide bonds. The second-order valence-corrected chi connectivity index (χ2v) is 23.3. The number of aromatic nitrogens is 5. The number of rotatable bonds is 8. The summed E-state index contributed by atoms with van der Waals surface area (Å²) in [5.41, 5.74) is 16.3. The summed E-state index contributed by atoms with van der Waals surface area (Å²) >= 11 is 3.68. The lowest BCUT2D eigenvalue weighted by atomic mass is 9.93. The van der Waals surface area contributed by atoms with Crippen LogP contribution >= 0.6 is 22.7 Å². The van der Waals surface area contributed by atoms with Crippen LogP contribution in [-0.2, 0) is 0 Å². The lowest BCUT2D eigenvalue weighted by Gasteiger charge is -2.14. The molecule has 0 aliphatic rings. The molecule has 0 aliphatic heterocycles. The lowest BCUT2D eigenvalue weighted by molar-refractivity contribution is 0.893. The van der Waals surface area contributed by atoms with E-state index in [2.05, 4.69) is 282 Å². The van der Waals surface area contributed by atoms with Crippen molar-refractivity contribution in [1.82, 2.24) is 24.1 Å². The van der Waals surface area contributed by atoms with Gasteiger partial charge >= 0.3 is 0 Å². The molecule has 5 nitrogen and oxygen atoms in total. The second-order valence-electron chi connectivity index (χ2n) is 21.2. The SMILES string of the molecule is c1ccc(-c2cc(-c3ccccc3)cc(-c3cccc(-c4nc(-n5c6ccccc6c6ccc(-c7ccc8sc9ccccc9c8c7)cc65)nc(-n5c6ccccc6c6ccc(-c7ccc8sc9ccccc9c8c7)cc65)n4)c3)c2)cc1. The Morgan fingerprint density at radius 3 is 1.07 bits per heavy atom. The van der Waals surface area contributed by atoms with E-state index >= 15 is 0 Å². The van der Waals surface area contributed by atoms with E-state index in [4.69, 9.17) is 15.0 Å². The monoisotopic (exact) mass is 1080 g/mol. The fourth-order valence-corrected chi connectivity index (χ4v) is 14.6. The second kappa shape index (κ2) is 18.6. The van der Waals surface area contributed by atoms with Crippen molar-refractivity contribution in [3.05, 3.63) is 273 Å². The Kier molecular flexibility index (Phi) is 10.6. The van der Waals surface area contributed by atoms with Crippen molar-refractivity contribution < 1.29 is 0 Å². The number of thiophene rings is 2. The van der Waals surface area contributed by atoms with Gasteiger partial charge in [-0.3, -0.25) is 9.13 Å². The van der Waals surface area contributed by atoms with Crippen LogP contribution in [0.1, 0.15) is 0 Å². The number of para-hydroxylation sites is 2. The van der Waals surface area contributed by atoms with Gasteiger partial charge in [-0.05, 0) is 141 Å². The summed E-state index contributed by atoms with van der Waals surface area (Å²) in [6.45, 7) is 0. The van der Waals surface area contributed by atoms with Crippen LogP contribution in [-0.4, -0.2) is 24.1 Å². The maximum atomic E-state index is 5.66. The first-order valence-corrected chi connectivity index (χ1v) is 29.3. The molecular weight excluding hydrogens is 1030 g/mol. The summed E-state index contributed by atoms with van der Waals surface area (Å²) in [7, 11) is 0. The highest BCUT2D eigenvalue weighted by Gasteiger charge is 2.23. The lowest BCUT2D eigenvalue weighted by Crippen LogP contribution is -2.10. The van der Waals surface area contributed by atoms with Crippen molar-refractivity contribution in [2.45, 2.75) is 0 Å². The molecule has 0 saturated heterocycles. The van der Waals surface area contributed by atoms with Crippen molar-refractivity contribution in [2.24, 2.45) is 0 Å². The molecule has 0 atom stereocenters. The van der Waals surface area contributed by atoms with Gasteiger partial charge in [-0.15, -0.1) is 22.7 Å². The summed E-state index contributed by atoms with van der Waals surface area (Å²) in [6.07, 6.45) is 0. The van der Waals surface area contributed by atoms with Gasteiger partial charge in [0, 0.05) is 67.5 Å². The Morgan fingerprint density at radius 2 is 0.561 bits per heavy atom. The molecule has 0 spiro atoms. The molecule has 17 aromatic rings. The van der Waals surface area contributed by atoms with Gasteiger partial charge in [0.15, 0.2) is 5.82 Å². The molecule has 0 unspecified atom stereocenters. The minimum Gasteiger partial charge on any atom is -0.278 e. The molecule has 0 aliphatic carbocycles. The summed E-state index contributed by atoms with van der Waals surface area (Å²) < 4.78 is 9.65. The van der Waals surface area contributed by atoms with Gasteiger partial charge in [-0.25, -0.2) is 0 Å². The van der Waals surface area contributed by atoms with Crippen LogP contribution in [0.3, 0.4) is 0 Å². The van der Waals surface area contributed by atoms with Crippen LogP contribution in [0.4, 0.5) is 0 Å². The molecule has 7 heteroatoms. The van der Waals surface area contributed by atoms with E-state index in [1.165, 1.54) is 40.3 Å². The highest BCUT2D eigenvalue weighted by molar-refractivity contribution is 7.26. The van der Waals surface area contributed by atoms with Crippen LogP contribution in [0.25, 0.3) is 163 Å². The van der Waals surface area contributed by atoms with Crippen molar-refractivity contribution in [1.29, 1.82) is 0 Å². The zero-order valence-corrected chi connectivity index (χ0v) is 45.7. The Balaban J connectivity index is 0.901. The Bertz CT molecular complexity index is 5110. The van der Waals surface area contributed by atoms with Crippen molar-refractivity contribution >= 4 is 107 Å². The molecule has 5 aromatic heterocycles. The third-order valence-electron chi connectivity index (χ3n) is 16.4. The van der Waals surface area contributed by atoms with Crippen molar-refractivity contribution in [3.8, 4) is 78.9 Å². The van der Waals surface area contributed by atoms with Gasteiger partial charge in [-0.1, -0.05) is 188 Å². The van der Waals surface area contributed by atoms with Gasteiger partial charge in [0.25, 0.3) is 0 Å². The summed E-state index contributed by atoms with van der Waals surface area (Å²) in [5, 5.41) is 9.59. The van der Waals surface area contributed by atoms with Crippen molar-refractivity contribution in [3.63, 3.8) is 0 Å². The molecule has 0 bridgehead atoms. The van der Waals surface area contributed by atoms with E-state index in [9.17, 15) is 0 Å². The van der Waals surface area contributed by atoms with Gasteiger partial charge < -0.3 is 0 Å². The normalized spacial score (nSPS) is 11.9. The molecule has 17 rings (SSSR count). The first-order chi connectivity index (χ1) is 40.6. The molecule has 82 heavy (non-hydrogen) atoms. The van der Waals surface area contributed by atoms with E-state index in [0.29, 0.717) is 17.7 Å². The average Bonchev–Trinajstić information content (AvgIpc) is 3.96. The van der Waals surface area contributed by atoms with E-state index in [1.54, 1.807) is 0 Å². The Labute approximate surface area is 479 Å². The van der Waals surface area contributed by atoms with Gasteiger partial charge in [0.05, 0.1) is 22.1 Å². The van der Waals surface area contributed by atoms with Gasteiger partial charge in [0.1, 0.15) is 0 Å². The van der Waals surface area contributed by atoms with Gasteiger partial charge in [0.2, 0.25) is 11.9 Å². The van der Waals surface area contributed by atoms with Crippen LogP contribution in [0.5, 0.6) is 0 Å². The summed E-state index contributed by atoms with van der Waals surface area (Å²) in [4.78, 5) is 16.9. The summed E-state index contributed by atoms with van der Waals surface area (Å²) in [6, 6.07) is 99.0. The maximum absolute atomic E-state index is 5.66. The molecule has 0 fully saturated rings. The molecule has 5 heterocycles. The third kappa shape index (κ3) is 7.62. The molecular formula is C75H45N5S2. The van der Waals surface area contributed by atoms with Crippen molar-refractivity contribution in [2.75, 3.05) is 0 Å². The van der Waals surface area contributed by atoms with Crippen LogP contribution in [0.2, 0.25) is 0 Å². The van der Waals surface area contributed by atoms with E-state index in [1.807, 2.05) is 22.7 Å². The largest absolute Gasteiger partial charge is 0.278 e. The third-order valence-corrected chi connectivity index (χ3v) is 18.7. The van der Waals surface area contributed by atoms with E-state index in [-0.39, 0.29) is 0 Å². The molecule has 382 valence electrons. The smallest absolute Gasteiger partial charge is 0.240 e. The van der Waals surface area contributed by atoms with Crippen LogP contribution in [0, 0.1) is 0 Å². The maximum Gasteiger partial charge on any atom is 0.240 e. The topological polar surface area (TPSA) is 48.5 Å². The summed E-state index contributed by atoms with van der Waals surface area (Å²) in [5.74, 6) is 1.63. The van der Waals surface area contributed by atoms with Crippen LogP contribution in [0.15, 0.2) is 273 Å². The average molecular weight is 1080 g/mol. The number of benzene rings is 12. The fraction of sp³-hybridized carbons (Fsp3) is 0. The highest BCUT2D eigenvalue weighted by Crippen LogP contribution is 2.42. The Hall–Kier alpha value is -10.3. The first-order valence-electron chi connectivity index (χ1n) is 27.6. The van der Waals surface area contributed by atoms with E-state index < -0.39 is 0 Å². The minimum absolute atomic E-state index is 0.530. The number of hydrogen-bond donors (Lipinski definition) is 0. The standard InChI is InChI=1S/C75H45N5S2/c1-3-16-46(17-4-1)54-39-55(47-18-5-2-6-19-47)41-56(40-54)48-20-15-21-53(38-48)73-76-74(79-65-26-11-7-22-57(65)59-34-30-51(44-67(59)79)49-32-36-71-63(42-49)61-24-9-13-28-69(61)81-71)78-75(77-73)80-66-27-12-8-23-58(66)60-35-31-52(45-68(60)80)50-33-37-72-64(43-50)62-25-10-14-29-70(62)82-72/h1-45H. The number of fused-ring (bicyclic) bond motifs is 12. The predicted octanol–water partition coefficient (Wildman–Crippen LogP) is 20.8. The first kappa shape index (κ1) is 46.6. The quantitative estimate of drug-likeness (QED) is 0.152. The number of nitrogens with zero attached hydrogens (tertiary/aromatic N) is 5. The van der Waals surface area contributed by atoms with E-state index in [0.717, 1.165) is 105 Å². The fourth-order valence-electron chi connectivity index (χ4n) is 12.5. The zero-order valence-electron chi connectivity index (χ0n) is 44.0. The molecule has 0 saturated carbocycles. The molecule has 12 aromatic carbocycles. The minimum atomic E-state index is 0.530. The highest BCUT2D eigenvalue weighted by atomic mass is 32.1.